The average molecular weight is 275 g/mol. The van der Waals surface area contributed by atoms with Gasteiger partial charge in [-0.05, 0) is 38.0 Å². The number of halogens is 1. The third kappa shape index (κ3) is 4.33. The minimum atomic E-state index is 0. The maximum atomic E-state index is 5.88. The molecular weight excluding hydrogens is 256 g/mol. The summed E-state index contributed by atoms with van der Waals surface area (Å²) in [6.07, 6.45) is 8.28. The van der Waals surface area contributed by atoms with E-state index in [0.717, 1.165) is 36.7 Å². The lowest BCUT2D eigenvalue weighted by Crippen LogP contribution is -2.33. The van der Waals surface area contributed by atoms with Crippen molar-refractivity contribution >= 4 is 30.0 Å². The van der Waals surface area contributed by atoms with E-state index in [1.807, 2.05) is 12.3 Å². The summed E-state index contributed by atoms with van der Waals surface area (Å²) >= 11 is 1.56. The normalized spacial score (nSPS) is 23.9. The predicted octanol–water partition coefficient (Wildman–Crippen LogP) is 2.30. The molecule has 1 aliphatic carbocycles. The lowest BCUT2D eigenvalue weighted by molar-refractivity contribution is 0.410. The second-order valence-corrected chi connectivity index (χ2v) is 4.96. The van der Waals surface area contributed by atoms with Crippen molar-refractivity contribution in [2.75, 3.05) is 11.6 Å². The van der Waals surface area contributed by atoms with E-state index >= 15 is 0 Å². The molecule has 0 radical (unpaired) electrons. The zero-order valence-electron chi connectivity index (χ0n) is 9.93. The number of anilines is 1. The molecule has 0 aliphatic heterocycles. The first-order chi connectivity index (χ1) is 7.78. The second-order valence-electron chi connectivity index (χ2n) is 4.18. The number of thioether (sulfide) groups is 1. The fraction of sp³-hybridized carbons (Fsp3) is 0.636. The van der Waals surface area contributed by atoms with Gasteiger partial charge < -0.3 is 11.1 Å². The van der Waals surface area contributed by atoms with E-state index in [-0.39, 0.29) is 12.4 Å². The van der Waals surface area contributed by atoms with Crippen LogP contribution >= 0.6 is 24.2 Å². The van der Waals surface area contributed by atoms with E-state index in [0.29, 0.717) is 12.1 Å². The first kappa shape index (κ1) is 14.5. The SMILES string of the molecule is CSc1nccc(NC2CCC(N)CC2)n1.Cl. The predicted molar refractivity (Wildman–Crippen MR) is 74.9 cm³/mol. The van der Waals surface area contributed by atoms with Gasteiger partial charge in [-0.25, -0.2) is 9.97 Å². The van der Waals surface area contributed by atoms with Crippen molar-refractivity contribution in [2.24, 2.45) is 5.73 Å². The Bertz CT molecular complexity index is 342. The standard InChI is InChI=1S/C11H18N4S.ClH/c1-16-11-13-7-6-10(15-11)14-9-4-2-8(12)3-5-9;/h6-9H,2-5,12H2,1H3,(H,13,14,15);1H. The Labute approximate surface area is 113 Å². The van der Waals surface area contributed by atoms with Gasteiger partial charge in [0.25, 0.3) is 0 Å². The number of nitrogens with one attached hydrogen (secondary N) is 1. The van der Waals surface area contributed by atoms with Crippen LogP contribution in [0.4, 0.5) is 5.82 Å². The molecule has 1 saturated carbocycles. The maximum Gasteiger partial charge on any atom is 0.189 e. The molecule has 1 aliphatic rings. The molecule has 0 aromatic carbocycles. The molecule has 1 aromatic rings. The fourth-order valence-electron chi connectivity index (χ4n) is 1.99. The van der Waals surface area contributed by atoms with E-state index in [1.165, 1.54) is 0 Å². The van der Waals surface area contributed by atoms with Crippen LogP contribution in [-0.4, -0.2) is 28.3 Å². The van der Waals surface area contributed by atoms with E-state index in [4.69, 9.17) is 5.73 Å². The monoisotopic (exact) mass is 274 g/mol. The third-order valence-corrected chi connectivity index (χ3v) is 3.50. The van der Waals surface area contributed by atoms with Crippen LogP contribution in [0.5, 0.6) is 0 Å². The lowest BCUT2D eigenvalue weighted by Gasteiger charge is -2.27. The molecule has 1 fully saturated rings. The van der Waals surface area contributed by atoms with Gasteiger partial charge in [-0.2, -0.15) is 0 Å². The van der Waals surface area contributed by atoms with E-state index in [1.54, 1.807) is 18.0 Å². The van der Waals surface area contributed by atoms with Crippen molar-refractivity contribution in [1.82, 2.24) is 9.97 Å². The minimum Gasteiger partial charge on any atom is -0.367 e. The summed E-state index contributed by atoms with van der Waals surface area (Å²) in [5.41, 5.74) is 5.88. The molecule has 0 saturated heterocycles. The van der Waals surface area contributed by atoms with Gasteiger partial charge in [0, 0.05) is 18.3 Å². The Kier molecular flexibility index (Phi) is 6.02. The number of nitrogens with zero attached hydrogens (tertiary/aromatic N) is 2. The van der Waals surface area contributed by atoms with E-state index < -0.39 is 0 Å². The zero-order valence-corrected chi connectivity index (χ0v) is 11.6. The van der Waals surface area contributed by atoms with Gasteiger partial charge in [-0.15, -0.1) is 12.4 Å². The smallest absolute Gasteiger partial charge is 0.189 e. The Morgan fingerprint density at radius 1 is 1.35 bits per heavy atom. The molecular formula is C11H19ClN4S. The molecule has 0 atom stereocenters. The zero-order chi connectivity index (χ0) is 11.4. The van der Waals surface area contributed by atoms with Crippen molar-refractivity contribution in [1.29, 1.82) is 0 Å². The maximum absolute atomic E-state index is 5.88. The molecule has 17 heavy (non-hydrogen) atoms. The van der Waals surface area contributed by atoms with Gasteiger partial charge in [0.2, 0.25) is 0 Å². The first-order valence-corrected chi connectivity index (χ1v) is 6.89. The molecule has 0 unspecified atom stereocenters. The number of hydrogen-bond acceptors (Lipinski definition) is 5. The number of aromatic nitrogens is 2. The molecule has 0 spiro atoms. The summed E-state index contributed by atoms with van der Waals surface area (Å²) in [6, 6.07) is 2.84. The van der Waals surface area contributed by atoms with Crippen molar-refractivity contribution in [3.05, 3.63) is 12.3 Å². The Hall–Kier alpha value is -0.520. The van der Waals surface area contributed by atoms with Gasteiger partial charge in [0.1, 0.15) is 5.82 Å². The Balaban J connectivity index is 0.00000144. The van der Waals surface area contributed by atoms with Gasteiger partial charge in [-0.3, -0.25) is 0 Å². The minimum absolute atomic E-state index is 0. The topological polar surface area (TPSA) is 63.8 Å². The molecule has 1 aromatic heterocycles. The summed E-state index contributed by atoms with van der Waals surface area (Å²) in [5.74, 6) is 0.930. The fourth-order valence-corrected chi connectivity index (χ4v) is 2.35. The molecule has 6 heteroatoms. The highest BCUT2D eigenvalue weighted by atomic mass is 35.5. The summed E-state index contributed by atoms with van der Waals surface area (Å²) in [5, 5.41) is 4.27. The summed E-state index contributed by atoms with van der Waals surface area (Å²) in [4.78, 5) is 8.57. The van der Waals surface area contributed by atoms with Crippen LogP contribution in [0.3, 0.4) is 0 Å². The molecule has 0 amide bonds. The summed E-state index contributed by atoms with van der Waals surface area (Å²) in [6.45, 7) is 0. The molecule has 4 nitrogen and oxygen atoms in total. The van der Waals surface area contributed by atoms with Crippen LogP contribution in [0.1, 0.15) is 25.7 Å². The highest BCUT2D eigenvalue weighted by molar-refractivity contribution is 7.98. The largest absolute Gasteiger partial charge is 0.367 e. The van der Waals surface area contributed by atoms with Gasteiger partial charge in [-0.1, -0.05) is 11.8 Å². The number of hydrogen-bond donors (Lipinski definition) is 2. The molecule has 2 rings (SSSR count). The van der Waals surface area contributed by atoms with Crippen molar-refractivity contribution in [2.45, 2.75) is 42.9 Å². The average Bonchev–Trinajstić information content (AvgIpc) is 2.32. The van der Waals surface area contributed by atoms with Gasteiger partial charge in [0.05, 0.1) is 0 Å². The van der Waals surface area contributed by atoms with Crippen LogP contribution in [0.2, 0.25) is 0 Å². The van der Waals surface area contributed by atoms with Crippen molar-refractivity contribution in [3.8, 4) is 0 Å². The van der Waals surface area contributed by atoms with Crippen LogP contribution in [0, 0.1) is 0 Å². The Morgan fingerprint density at radius 3 is 2.71 bits per heavy atom. The number of rotatable bonds is 3. The summed E-state index contributed by atoms with van der Waals surface area (Å²) in [7, 11) is 0. The van der Waals surface area contributed by atoms with Crippen LogP contribution in [0.25, 0.3) is 0 Å². The highest BCUT2D eigenvalue weighted by Crippen LogP contribution is 2.20. The highest BCUT2D eigenvalue weighted by Gasteiger charge is 2.18. The molecule has 0 bridgehead atoms. The van der Waals surface area contributed by atoms with Gasteiger partial charge >= 0.3 is 0 Å². The Morgan fingerprint density at radius 2 is 2.06 bits per heavy atom. The number of nitrogens with two attached hydrogens (primary N) is 1. The third-order valence-electron chi connectivity index (χ3n) is 2.94. The second kappa shape index (κ2) is 7.03. The summed E-state index contributed by atoms with van der Waals surface area (Å²) < 4.78 is 0. The van der Waals surface area contributed by atoms with Crippen LogP contribution in [-0.2, 0) is 0 Å². The van der Waals surface area contributed by atoms with Gasteiger partial charge in [0.15, 0.2) is 5.16 Å². The van der Waals surface area contributed by atoms with Crippen molar-refractivity contribution in [3.63, 3.8) is 0 Å². The molecule has 3 N–H and O–H groups in total. The first-order valence-electron chi connectivity index (χ1n) is 5.67. The van der Waals surface area contributed by atoms with Crippen LogP contribution < -0.4 is 11.1 Å². The quantitative estimate of drug-likeness (QED) is 0.654. The van der Waals surface area contributed by atoms with E-state index in [2.05, 4.69) is 15.3 Å². The van der Waals surface area contributed by atoms with E-state index in [9.17, 15) is 0 Å². The molecule has 1 heterocycles. The molecule has 96 valence electrons. The lowest BCUT2D eigenvalue weighted by atomic mass is 9.92. The van der Waals surface area contributed by atoms with Crippen molar-refractivity contribution < 1.29 is 0 Å². The van der Waals surface area contributed by atoms with Crippen LogP contribution in [0.15, 0.2) is 17.4 Å².